The van der Waals surface area contributed by atoms with Gasteiger partial charge in [-0.15, -0.1) is 0 Å². The normalized spacial score (nSPS) is 26.9. The Morgan fingerprint density at radius 1 is 1.00 bits per heavy atom. The number of para-hydroxylation sites is 1. The highest BCUT2D eigenvalue weighted by molar-refractivity contribution is 5.78. The van der Waals surface area contributed by atoms with Crippen molar-refractivity contribution in [2.24, 2.45) is 17.3 Å². The second-order valence-corrected chi connectivity index (χ2v) is 8.84. The van der Waals surface area contributed by atoms with Gasteiger partial charge in [0, 0.05) is 11.6 Å². The molecular weight excluding hydrogens is 338 g/mol. The molecule has 2 aromatic rings. The van der Waals surface area contributed by atoms with Crippen LogP contribution in [0.25, 0.3) is 0 Å². The van der Waals surface area contributed by atoms with Gasteiger partial charge in [-0.25, -0.2) is 0 Å². The van der Waals surface area contributed by atoms with Crippen LogP contribution in [0.5, 0.6) is 11.5 Å². The average Bonchev–Trinajstić information content (AvgIpc) is 3.44. The van der Waals surface area contributed by atoms with Crippen molar-refractivity contribution in [3.8, 4) is 11.5 Å². The lowest BCUT2D eigenvalue weighted by Crippen LogP contribution is -2.12. The first-order valence-electron chi connectivity index (χ1n) is 9.55. The Balaban J connectivity index is 1.35. The molecule has 3 atom stereocenters. The maximum absolute atomic E-state index is 12.6. The molecule has 0 aromatic heterocycles. The lowest BCUT2D eigenvalue weighted by molar-refractivity contribution is -0.147. The van der Waals surface area contributed by atoms with E-state index in [4.69, 9.17) is 9.47 Å². The first kappa shape index (κ1) is 18.1. The summed E-state index contributed by atoms with van der Waals surface area (Å²) in [6.07, 6.45) is 0. The summed E-state index contributed by atoms with van der Waals surface area (Å²) in [5.74, 6) is 1.76. The van der Waals surface area contributed by atoms with E-state index in [1.807, 2.05) is 54.6 Å². The summed E-state index contributed by atoms with van der Waals surface area (Å²) in [4.78, 5) is 12.6. The number of ether oxygens (including phenoxy) is 2. The fourth-order valence-corrected chi connectivity index (χ4v) is 4.22. The van der Waals surface area contributed by atoms with Gasteiger partial charge in [0.25, 0.3) is 0 Å². The number of carbonyl (C=O) groups is 1. The quantitative estimate of drug-likeness (QED) is 0.603. The molecule has 4 rings (SSSR count). The van der Waals surface area contributed by atoms with Gasteiger partial charge in [-0.2, -0.15) is 0 Å². The Hall–Kier alpha value is -2.33. The number of esters is 1. The van der Waals surface area contributed by atoms with E-state index in [0.717, 1.165) is 17.1 Å². The van der Waals surface area contributed by atoms with Crippen LogP contribution in [0.1, 0.15) is 33.3 Å². The Morgan fingerprint density at radius 3 is 2.33 bits per heavy atom. The molecule has 1 N–H and O–H groups in total. The minimum atomic E-state index is -0.0936. The minimum absolute atomic E-state index is 0.000782. The van der Waals surface area contributed by atoms with Crippen molar-refractivity contribution in [2.75, 3.05) is 0 Å². The highest BCUT2D eigenvalue weighted by Gasteiger charge is 2.71. The molecule has 1 aliphatic heterocycles. The van der Waals surface area contributed by atoms with E-state index in [1.54, 1.807) is 0 Å². The molecule has 1 saturated carbocycles. The molecule has 4 nitrogen and oxygen atoms in total. The van der Waals surface area contributed by atoms with Crippen LogP contribution < -0.4 is 10.1 Å². The standard InChI is InChI=1S/C23H27NO3/c1-22(2)18(20-23(3,4)24-20)19(22)21(25)26-14-15-9-8-12-17(13-15)27-16-10-6-5-7-11-16/h5-13,18-20,24H,14H2,1-4H3/t18-,19+,20+/m1/s1. The van der Waals surface area contributed by atoms with E-state index in [-0.39, 0.29) is 29.4 Å². The monoisotopic (exact) mass is 365 g/mol. The minimum Gasteiger partial charge on any atom is -0.461 e. The van der Waals surface area contributed by atoms with E-state index in [2.05, 4.69) is 33.0 Å². The highest BCUT2D eigenvalue weighted by atomic mass is 16.5. The lowest BCUT2D eigenvalue weighted by atomic mass is 10.0. The molecule has 4 heteroatoms. The molecule has 0 amide bonds. The second-order valence-electron chi connectivity index (χ2n) is 8.84. The highest BCUT2D eigenvalue weighted by Crippen LogP contribution is 2.64. The molecule has 1 heterocycles. The summed E-state index contributed by atoms with van der Waals surface area (Å²) in [6, 6.07) is 17.7. The summed E-state index contributed by atoms with van der Waals surface area (Å²) >= 11 is 0. The smallest absolute Gasteiger partial charge is 0.310 e. The number of hydrogen-bond donors (Lipinski definition) is 1. The van der Waals surface area contributed by atoms with Crippen LogP contribution in [0.15, 0.2) is 54.6 Å². The summed E-state index contributed by atoms with van der Waals surface area (Å²) in [5, 5.41) is 3.49. The van der Waals surface area contributed by atoms with Crippen LogP contribution in [0.4, 0.5) is 0 Å². The molecule has 27 heavy (non-hydrogen) atoms. The van der Waals surface area contributed by atoms with E-state index >= 15 is 0 Å². The van der Waals surface area contributed by atoms with Gasteiger partial charge in [-0.05, 0) is 55.0 Å². The molecule has 0 bridgehead atoms. The zero-order valence-electron chi connectivity index (χ0n) is 16.4. The summed E-state index contributed by atoms with van der Waals surface area (Å²) in [6.45, 7) is 8.97. The third kappa shape index (κ3) is 3.59. The zero-order chi connectivity index (χ0) is 19.2. The van der Waals surface area contributed by atoms with Crippen molar-refractivity contribution in [3.63, 3.8) is 0 Å². The van der Waals surface area contributed by atoms with Crippen molar-refractivity contribution >= 4 is 5.97 Å². The van der Waals surface area contributed by atoms with Crippen molar-refractivity contribution in [3.05, 3.63) is 60.2 Å². The molecule has 142 valence electrons. The van der Waals surface area contributed by atoms with Crippen LogP contribution in [0.3, 0.4) is 0 Å². The van der Waals surface area contributed by atoms with E-state index < -0.39 is 0 Å². The van der Waals surface area contributed by atoms with Gasteiger partial charge in [0.05, 0.1) is 5.92 Å². The Morgan fingerprint density at radius 2 is 1.67 bits per heavy atom. The van der Waals surface area contributed by atoms with Crippen molar-refractivity contribution in [1.29, 1.82) is 0 Å². The van der Waals surface area contributed by atoms with Gasteiger partial charge in [-0.1, -0.05) is 44.2 Å². The third-order valence-electron chi connectivity index (χ3n) is 6.00. The van der Waals surface area contributed by atoms with E-state index in [9.17, 15) is 4.79 Å². The molecule has 2 aliphatic rings. The Kier molecular flexibility index (Phi) is 4.26. The number of benzene rings is 2. The van der Waals surface area contributed by atoms with Crippen LogP contribution in [0.2, 0.25) is 0 Å². The van der Waals surface area contributed by atoms with E-state index in [0.29, 0.717) is 12.0 Å². The first-order chi connectivity index (χ1) is 12.8. The summed E-state index contributed by atoms with van der Waals surface area (Å²) in [5.41, 5.74) is 1.07. The van der Waals surface area contributed by atoms with Crippen LogP contribution >= 0.6 is 0 Å². The van der Waals surface area contributed by atoms with Gasteiger partial charge in [-0.3, -0.25) is 4.79 Å². The topological polar surface area (TPSA) is 57.5 Å². The molecular formula is C23H27NO3. The third-order valence-corrected chi connectivity index (χ3v) is 6.00. The molecule has 2 fully saturated rings. The van der Waals surface area contributed by atoms with Crippen LogP contribution in [0, 0.1) is 17.3 Å². The van der Waals surface area contributed by atoms with Crippen LogP contribution in [-0.4, -0.2) is 17.6 Å². The van der Waals surface area contributed by atoms with Crippen molar-refractivity contribution in [2.45, 2.75) is 45.9 Å². The predicted molar refractivity (Wildman–Crippen MR) is 105 cm³/mol. The molecule has 1 aliphatic carbocycles. The Bertz CT molecular complexity index is 844. The van der Waals surface area contributed by atoms with Crippen LogP contribution in [-0.2, 0) is 16.1 Å². The molecule has 1 saturated heterocycles. The van der Waals surface area contributed by atoms with Gasteiger partial charge in [0.15, 0.2) is 0 Å². The lowest BCUT2D eigenvalue weighted by Gasteiger charge is -2.09. The SMILES string of the molecule is CC1(C)N[C@H]1[C@H]1[C@@H](C(=O)OCc2cccc(Oc3ccccc3)c2)C1(C)C. The summed E-state index contributed by atoms with van der Waals surface area (Å²) in [7, 11) is 0. The maximum Gasteiger partial charge on any atom is 0.310 e. The first-order valence-corrected chi connectivity index (χ1v) is 9.55. The summed E-state index contributed by atoms with van der Waals surface area (Å²) < 4.78 is 11.5. The molecule has 0 radical (unpaired) electrons. The van der Waals surface area contributed by atoms with E-state index in [1.165, 1.54) is 0 Å². The number of rotatable bonds is 6. The molecule has 0 unspecified atom stereocenters. The molecule has 2 aromatic carbocycles. The molecule has 0 spiro atoms. The van der Waals surface area contributed by atoms with Crippen molar-refractivity contribution < 1.29 is 14.3 Å². The maximum atomic E-state index is 12.6. The van der Waals surface area contributed by atoms with Gasteiger partial charge in [0.2, 0.25) is 0 Å². The van der Waals surface area contributed by atoms with Crippen molar-refractivity contribution in [1.82, 2.24) is 5.32 Å². The number of hydrogen-bond acceptors (Lipinski definition) is 4. The second kappa shape index (κ2) is 6.38. The van der Waals surface area contributed by atoms with Gasteiger partial charge in [0.1, 0.15) is 18.1 Å². The number of carbonyl (C=O) groups excluding carboxylic acids is 1. The van der Waals surface area contributed by atoms with Gasteiger partial charge < -0.3 is 14.8 Å². The zero-order valence-corrected chi connectivity index (χ0v) is 16.4. The average molecular weight is 365 g/mol. The Labute approximate surface area is 160 Å². The number of nitrogens with one attached hydrogen (secondary N) is 1. The predicted octanol–water partition coefficient (Wildman–Crippen LogP) is 4.54. The van der Waals surface area contributed by atoms with Gasteiger partial charge >= 0.3 is 5.97 Å². The largest absolute Gasteiger partial charge is 0.461 e. The fourth-order valence-electron chi connectivity index (χ4n) is 4.22. The fraction of sp³-hybridized carbons (Fsp3) is 0.435.